The maximum absolute atomic E-state index is 13.2. The van der Waals surface area contributed by atoms with E-state index in [1.165, 1.54) is 19.1 Å². The van der Waals surface area contributed by atoms with Crippen LogP contribution in [0.4, 0.5) is 19.0 Å². The highest BCUT2D eigenvalue weighted by molar-refractivity contribution is 5.78. The molecule has 0 N–H and O–H groups in total. The second kappa shape index (κ2) is 6.69. The molecule has 1 unspecified atom stereocenters. The summed E-state index contributed by atoms with van der Waals surface area (Å²) in [6.45, 7) is 1.45. The fourth-order valence-electron chi connectivity index (χ4n) is 2.19. The molecular weight excluding hydrogens is 331 g/mol. The Kier molecular flexibility index (Phi) is 4.86. The molecule has 0 aliphatic carbocycles. The van der Waals surface area contributed by atoms with Crippen LogP contribution in [0.2, 0.25) is 0 Å². The number of esters is 1. The van der Waals surface area contributed by atoms with Crippen molar-refractivity contribution in [3.63, 3.8) is 0 Å². The molecule has 7 nitrogen and oxygen atoms in total. The van der Waals surface area contributed by atoms with Gasteiger partial charge in [0.05, 0.1) is 12.2 Å². The normalized spacial score (nSPS) is 12.7. The number of benzene rings is 1. The number of hydrogen-bond donors (Lipinski definition) is 0. The van der Waals surface area contributed by atoms with Gasteiger partial charge >= 0.3 is 18.0 Å². The molecule has 0 amide bonds. The molecule has 0 radical (unpaired) electrons. The second-order valence-electron chi connectivity index (χ2n) is 4.68. The van der Waals surface area contributed by atoms with Gasteiger partial charge in [0, 0.05) is 0 Å². The maximum Gasteiger partial charge on any atom is 0.416 e. The minimum atomic E-state index is -4.70. The molecule has 1 heterocycles. The number of hydrogen-bond acceptors (Lipinski definition) is 5. The first-order chi connectivity index (χ1) is 11.3. The van der Waals surface area contributed by atoms with E-state index in [0.717, 1.165) is 29.2 Å². The van der Waals surface area contributed by atoms with Crippen molar-refractivity contribution in [2.24, 2.45) is 0 Å². The van der Waals surface area contributed by atoms with Crippen LogP contribution in [0.5, 0.6) is 0 Å². The first kappa shape index (κ1) is 17.4. The largest absolute Gasteiger partial charge is 0.464 e. The average Bonchev–Trinajstić information content (AvgIpc) is 2.97. The van der Waals surface area contributed by atoms with Gasteiger partial charge in [0.15, 0.2) is 6.04 Å². The van der Waals surface area contributed by atoms with Gasteiger partial charge in [-0.3, -0.25) is 4.57 Å². The molecule has 1 aromatic carbocycles. The molecular formula is C14H12F3N3O4. The van der Waals surface area contributed by atoms with Crippen LogP contribution in [0.3, 0.4) is 0 Å². The number of ether oxygens (including phenoxy) is 1. The second-order valence-corrected chi connectivity index (χ2v) is 4.68. The van der Waals surface area contributed by atoms with E-state index in [-0.39, 0.29) is 12.2 Å². The number of nitro groups is 1. The molecule has 0 aliphatic heterocycles. The van der Waals surface area contributed by atoms with Crippen LogP contribution in [-0.2, 0) is 15.7 Å². The Morgan fingerprint density at radius 3 is 2.62 bits per heavy atom. The standard InChI is InChI=1S/C14H12F3N3O4/c1-2-24-13(21)12(19-7-11(18-8-19)20(22)23)9-5-3-4-6-10(9)14(15,16)17/h3-8,12H,2H2,1H3. The van der Waals surface area contributed by atoms with Crippen LogP contribution in [0.25, 0.3) is 0 Å². The molecule has 0 saturated carbocycles. The third-order valence-corrected chi connectivity index (χ3v) is 3.14. The Hall–Kier alpha value is -2.91. The minimum absolute atomic E-state index is 0.0552. The van der Waals surface area contributed by atoms with Gasteiger partial charge in [-0.2, -0.15) is 13.2 Å². The molecule has 128 valence electrons. The van der Waals surface area contributed by atoms with Crippen LogP contribution in [-0.4, -0.2) is 27.1 Å². The van der Waals surface area contributed by atoms with Crippen molar-refractivity contribution >= 4 is 11.8 Å². The van der Waals surface area contributed by atoms with Gasteiger partial charge in [-0.1, -0.05) is 18.2 Å². The molecule has 2 rings (SSSR count). The Morgan fingerprint density at radius 2 is 2.08 bits per heavy atom. The van der Waals surface area contributed by atoms with Crippen molar-refractivity contribution in [1.29, 1.82) is 0 Å². The van der Waals surface area contributed by atoms with Crippen LogP contribution >= 0.6 is 0 Å². The van der Waals surface area contributed by atoms with Crippen molar-refractivity contribution in [3.05, 3.63) is 58.0 Å². The van der Waals surface area contributed by atoms with Crippen molar-refractivity contribution in [2.75, 3.05) is 6.61 Å². The van der Waals surface area contributed by atoms with Crippen molar-refractivity contribution < 1.29 is 27.6 Å². The number of alkyl halides is 3. The molecule has 24 heavy (non-hydrogen) atoms. The minimum Gasteiger partial charge on any atom is -0.464 e. The highest BCUT2D eigenvalue weighted by atomic mass is 19.4. The summed E-state index contributed by atoms with van der Waals surface area (Å²) in [5.41, 5.74) is -1.41. The lowest BCUT2D eigenvalue weighted by molar-refractivity contribution is -0.389. The Morgan fingerprint density at radius 1 is 1.42 bits per heavy atom. The molecule has 1 atom stereocenters. The van der Waals surface area contributed by atoms with Crippen LogP contribution in [0, 0.1) is 10.1 Å². The zero-order chi connectivity index (χ0) is 17.9. The fraction of sp³-hybridized carbons (Fsp3) is 0.286. The highest BCUT2D eigenvalue weighted by Crippen LogP contribution is 2.36. The van der Waals surface area contributed by atoms with Gasteiger partial charge in [-0.05, 0) is 28.5 Å². The van der Waals surface area contributed by atoms with E-state index in [1.807, 2.05) is 0 Å². The molecule has 2 aromatic rings. The number of aromatic nitrogens is 2. The van der Waals surface area contributed by atoms with Crippen molar-refractivity contribution in [2.45, 2.75) is 19.1 Å². The first-order valence-electron chi connectivity index (χ1n) is 6.76. The lowest BCUT2D eigenvalue weighted by Crippen LogP contribution is -2.25. The predicted molar refractivity (Wildman–Crippen MR) is 75.1 cm³/mol. The quantitative estimate of drug-likeness (QED) is 0.473. The SMILES string of the molecule is CCOC(=O)C(c1ccccc1C(F)(F)F)n1cnc([N+](=O)[O-])c1. The van der Waals surface area contributed by atoms with Gasteiger partial charge in [0.25, 0.3) is 0 Å². The molecule has 0 fully saturated rings. The van der Waals surface area contributed by atoms with Crippen molar-refractivity contribution in [3.8, 4) is 0 Å². The lowest BCUT2D eigenvalue weighted by Gasteiger charge is -2.20. The van der Waals surface area contributed by atoms with Crippen molar-refractivity contribution in [1.82, 2.24) is 9.55 Å². The van der Waals surface area contributed by atoms with E-state index >= 15 is 0 Å². The molecule has 1 aromatic heterocycles. The van der Waals surface area contributed by atoms with E-state index in [0.29, 0.717) is 0 Å². The van der Waals surface area contributed by atoms with Gasteiger partial charge in [-0.25, -0.2) is 4.79 Å². The maximum atomic E-state index is 13.2. The van der Waals surface area contributed by atoms with E-state index in [4.69, 9.17) is 4.74 Å². The summed E-state index contributed by atoms with van der Waals surface area (Å²) in [6, 6.07) is 2.93. The van der Waals surface area contributed by atoms with E-state index in [2.05, 4.69) is 4.98 Å². The molecule has 10 heteroatoms. The molecule has 0 aliphatic rings. The summed E-state index contributed by atoms with van der Waals surface area (Å²) in [6.07, 6.45) is -2.89. The molecule has 0 bridgehead atoms. The zero-order valence-corrected chi connectivity index (χ0v) is 12.4. The topological polar surface area (TPSA) is 87.3 Å². The smallest absolute Gasteiger partial charge is 0.416 e. The first-order valence-corrected chi connectivity index (χ1v) is 6.76. The summed E-state index contributed by atoms with van der Waals surface area (Å²) in [5, 5.41) is 10.7. The third-order valence-electron chi connectivity index (χ3n) is 3.14. The Bertz CT molecular complexity index is 758. The van der Waals surface area contributed by atoms with E-state index < -0.39 is 34.5 Å². The summed E-state index contributed by atoms with van der Waals surface area (Å²) in [4.78, 5) is 25.6. The summed E-state index contributed by atoms with van der Waals surface area (Å²) in [7, 11) is 0. The zero-order valence-electron chi connectivity index (χ0n) is 12.4. The third kappa shape index (κ3) is 3.53. The molecule has 0 saturated heterocycles. The number of carbonyl (C=O) groups is 1. The van der Waals surface area contributed by atoms with E-state index in [9.17, 15) is 28.1 Å². The summed E-state index contributed by atoms with van der Waals surface area (Å²) >= 11 is 0. The van der Waals surface area contributed by atoms with Gasteiger partial charge in [0.2, 0.25) is 6.33 Å². The highest BCUT2D eigenvalue weighted by Gasteiger charge is 2.38. The summed E-state index contributed by atoms with van der Waals surface area (Å²) < 4.78 is 45.4. The fourth-order valence-corrected chi connectivity index (χ4v) is 2.19. The monoisotopic (exact) mass is 343 g/mol. The number of imidazole rings is 1. The Labute approximate surface area is 133 Å². The lowest BCUT2D eigenvalue weighted by atomic mass is 9.99. The summed E-state index contributed by atoms with van der Waals surface area (Å²) in [5.74, 6) is -1.56. The average molecular weight is 343 g/mol. The number of halogens is 3. The Balaban J connectivity index is 2.59. The number of carbonyl (C=O) groups excluding carboxylic acids is 1. The van der Waals surface area contributed by atoms with Gasteiger partial charge in [-0.15, -0.1) is 0 Å². The van der Waals surface area contributed by atoms with Gasteiger partial charge in [0.1, 0.15) is 6.20 Å². The van der Waals surface area contributed by atoms with Gasteiger partial charge < -0.3 is 14.9 Å². The molecule has 0 spiro atoms. The predicted octanol–water partition coefficient (Wildman–Crippen LogP) is 2.96. The van der Waals surface area contributed by atoms with Crippen LogP contribution in [0.1, 0.15) is 24.1 Å². The number of nitrogens with zero attached hydrogens (tertiary/aromatic N) is 3. The van der Waals surface area contributed by atoms with E-state index in [1.54, 1.807) is 0 Å². The van der Waals surface area contributed by atoms with Crippen LogP contribution in [0.15, 0.2) is 36.8 Å². The number of rotatable bonds is 5. The van der Waals surface area contributed by atoms with Crippen LogP contribution < -0.4 is 0 Å².